The molecule has 2 aromatic carbocycles. The Balaban J connectivity index is 0.000000243. The topological polar surface area (TPSA) is 105 Å². The Kier molecular flexibility index (Phi) is 13.4. The molecule has 0 radical (unpaired) electrons. The van der Waals surface area contributed by atoms with Gasteiger partial charge in [-0.05, 0) is 73.4 Å². The van der Waals surface area contributed by atoms with E-state index in [0.717, 1.165) is 76.0 Å². The first kappa shape index (κ1) is 32.2. The lowest BCUT2D eigenvalue weighted by Gasteiger charge is -2.30. The Hall–Kier alpha value is -4.28. The smallest absolute Gasteiger partial charge is 0.314 e. The van der Waals surface area contributed by atoms with Gasteiger partial charge < -0.3 is 26.6 Å². The van der Waals surface area contributed by atoms with Crippen LogP contribution in [-0.4, -0.2) is 43.0 Å². The third-order valence-electron chi connectivity index (χ3n) is 7.85. The van der Waals surface area contributed by atoms with Crippen LogP contribution in [0.25, 0.3) is 0 Å². The van der Waals surface area contributed by atoms with E-state index in [1.54, 1.807) is 4.90 Å². The number of likely N-dealkylation sites (tertiary alicyclic amines) is 1. The Bertz CT molecular complexity index is 1260. The molecule has 0 bridgehead atoms. The molecule has 0 aliphatic carbocycles. The number of primary amides is 1. The Morgan fingerprint density at radius 3 is 2.43 bits per heavy atom. The predicted molar refractivity (Wildman–Crippen MR) is 173 cm³/mol. The second-order valence-electron chi connectivity index (χ2n) is 10.6. The molecule has 3 heterocycles. The predicted octanol–water partition coefficient (Wildman–Crippen LogP) is 5.39. The fourth-order valence-corrected chi connectivity index (χ4v) is 5.52. The SMILES string of the molecule is C#C.NC(=O)N1CCC(c2ccccc2)CC1.NCc1ccc2c(c1)N(C(=O)CC/C1=C/NC/C=C\C=C/C1)CCC2. The van der Waals surface area contributed by atoms with E-state index in [9.17, 15) is 9.59 Å². The van der Waals surface area contributed by atoms with Gasteiger partial charge in [-0.15, -0.1) is 12.8 Å². The summed E-state index contributed by atoms with van der Waals surface area (Å²) in [5, 5.41) is 3.28. The van der Waals surface area contributed by atoms with Crippen molar-refractivity contribution in [2.45, 2.75) is 57.4 Å². The minimum Gasteiger partial charge on any atom is -0.387 e. The number of hydrogen-bond donors (Lipinski definition) is 3. The van der Waals surface area contributed by atoms with E-state index in [-0.39, 0.29) is 11.9 Å². The molecule has 0 atom stereocenters. The summed E-state index contributed by atoms with van der Waals surface area (Å²) in [5.41, 5.74) is 17.1. The van der Waals surface area contributed by atoms with Gasteiger partial charge in [0.1, 0.15) is 0 Å². The molecule has 0 saturated carbocycles. The van der Waals surface area contributed by atoms with E-state index in [1.165, 1.54) is 16.7 Å². The van der Waals surface area contributed by atoms with Crippen molar-refractivity contribution in [3.05, 3.63) is 101 Å². The van der Waals surface area contributed by atoms with Crippen molar-refractivity contribution < 1.29 is 9.59 Å². The first-order chi connectivity index (χ1) is 20.5. The Morgan fingerprint density at radius 1 is 0.976 bits per heavy atom. The van der Waals surface area contributed by atoms with Crippen molar-refractivity contribution in [2.24, 2.45) is 11.5 Å². The quantitative estimate of drug-likeness (QED) is 0.422. The van der Waals surface area contributed by atoms with Crippen LogP contribution < -0.4 is 21.7 Å². The first-order valence-electron chi connectivity index (χ1n) is 14.8. The number of carbonyl (C=O) groups is 2. The molecule has 3 aliphatic rings. The van der Waals surface area contributed by atoms with Gasteiger partial charge in [-0.1, -0.05) is 72.3 Å². The number of nitrogens with two attached hydrogens (primary N) is 2. The number of fused-ring (bicyclic) bond motifs is 1. The number of rotatable bonds is 5. The van der Waals surface area contributed by atoms with Gasteiger partial charge in [0.2, 0.25) is 5.91 Å². The van der Waals surface area contributed by atoms with Crippen LogP contribution in [0.1, 0.15) is 61.1 Å². The van der Waals surface area contributed by atoms with Crippen molar-refractivity contribution in [3.63, 3.8) is 0 Å². The lowest BCUT2D eigenvalue weighted by atomic mass is 9.90. The molecule has 7 heteroatoms. The minimum absolute atomic E-state index is 0.206. The zero-order valence-corrected chi connectivity index (χ0v) is 24.6. The average molecular weight is 568 g/mol. The third-order valence-corrected chi connectivity index (χ3v) is 7.85. The summed E-state index contributed by atoms with van der Waals surface area (Å²) in [6.07, 6.45) is 24.7. The summed E-state index contributed by atoms with van der Waals surface area (Å²) < 4.78 is 0. The molecule has 3 aliphatic heterocycles. The van der Waals surface area contributed by atoms with E-state index in [2.05, 4.69) is 91.1 Å². The monoisotopic (exact) mass is 567 g/mol. The van der Waals surface area contributed by atoms with Gasteiger partial charge in [-0.25, -0.2) is 4.79 Å². The van der Waals surface area contributed by atoms with Crippen LogP contribution >= 0.6 is 0 Å². The number of nitrogens with zero attached hydrogens (tertiary/aromatic N) is 2. The van der Waals surface area contributed by atoms with Crippen molar-refractivity contribution >= 4 is 17.6 Å². The highest BCUT2D eigenvalue weighted by atomic mass is 16.2. The van der Waals surface area contributed by atoms with Crippen molar-refractivity contribution in [1.82, 2.24) is 10.2 Å². The zero-order chi connectivity index (χ0) is 30.2. The molecule has 1 saturated heterocycles. The highest BCUT2D eigenvalue weighted by Crippen LogP contribution is 2.30. The van der Waals surface area contributed by atoms with Crippen LogP contribution in [0.3, 0.4) is 0 Å². The third kappa shape index (κ3) is 9.67. The van der Waals surface area contributed by atoms with Crippen LogP contribution in [0.2, 0.25) is 0 Å². The second kappa shape index (κ2) is 17.5. The number of aryl methyl sites for hydroxylation is 1. The van der Waals surface area contributed by atoms with Gasteiger partial charge in [0.15, 0.2) is 0 Å². The van der Waals surface area contributed by atoms with E-state index >= 15 is 0 Å². The fourth-order valence-electron chi connectivity index (χ4n) is 5.52. The maximum atomic E-state index is 12.8. The standard InChI is InChI=1S/C21H27N3O.C12H16N2O.C2H2/c22-15-18-8-10-19-7-5-13-24(20(19)14-18)21(25)11-9-17-6-3-1-2-4-12-23-16-17;13-12(15)14-8-6-11(7-9-14)10-4-2-1-3-5-10;1-2/h1-4,8,10,14,16,23H,5-7,9,11-13,15,22H2;1-5,11H,6-9H2,(H2,13,15);1-2H/b3-1-,4-2-,17-16+;;. The molecule has 1 fully saturated rings. The summed E-state index contributed by atoms with van der Waals surface area (Å²) in [6.45, 7) is 3.71. The molecular weight excluding hydrogens is 522 g/mol. The molecule has 0 unspecified atom stereocenters. The number of nitrogens with one attached hydrogen (secondary N) is 1. The van der Waals surface area contributed by atoms with Crippen LogP contribution in [-0.2, 0) is 17.8 Å². The number of piperidine rings is 1. The summed E-state index contributed by atoms with van der Waals surface area (Å²) >= 11 is 0. The maximum absolute atomic E-state index is 12.8. The second-order valence-corrected chi connectivity index (χ2v) is 10.6. The molecule has 3 amide bonds. The molecule has 0 spiro atoms. The number of terminal acetylenes is 1. The highest BCUT2D eigenvalue weighted by molar-refractivity contribution is 5.94. The van der Waals surface area contributed by atoms with Gasteiger partial charge in [-0.3, -0.25) is 4.79 Å². The summed E-state index contributed by atoms with van der Waals surface area (Å²) in [6, 6.07) is 16.5. The number of carbonyl (C=O) groups excluding carboxylic acids is 2. The van der Waals surface area contributed by atoms with Gasteiger partial charge >= 0.3 is 6.03 Å². The number of allylic oxidation sites excluding steroid dienone is 4. The lowest BCUT2D eigenvalue weighted by molar-refractivity contribution is -0.118. The lowest BCUT2D eigenvalue weighted by Crippen LogP contribution is -2.41. The zero-order valence-electron chi connectivity index (χ0n) is 24.6. The fraction of sp³-hybridized carbons (Fsp3) is 0.371. The molecule has 0 aromatic heterocycles. The average Bonchev–Trinajstić information content (AvgIpc) is 3.19. The Morgan fingerprint density at radius 2 is 1.71 bits per heavy atom. The van der Waals surface area contributed by atoms with Gasteiger partial charge in [-0.2, -0.15) is 0 Å². The van der Waals surface area contributed by atoms with Crippen molar-refractivity contribution in [1.29, 1.82) is 0 Å². The van der Waals surface area contributed by atoms with Gasteiger partial charge in [0.25, 0.3) is 0 Å². The number of urea groups is 1. The van der Waals surface area contributed by atoms with Crippen molar-refractivity contribution in [2.75, 3.05) is 31.1 Å². The maximum Gasteiger partial charge on any atom is 0.314 e. The van der Waals surface area contributed by atoms with E-state index in [1.807, 2.05) is 11.0 Å². The van der Waals surface area contributed by atoms with Crippen LogP contribution in [0.15, 0.2) is 84.6 Å². The van der Waals surface area contributed by atoms with E-state index in [0.29, 0.717) is 18.9 Å². The summed E-state index contributed by atoms with van der Waals surface area (Å²) in [5.74, 6) is 0.791. The molecule has 222 valence electrons. The normalized spacial score (nSPS) is 19.3. The van der Waals surface area contributed by atoms with Crippen LogP contribution in [0, 0.1) is 12.8 Å². The van der Waals surface area contributed by atoms with E-state index < -0.39 is 0 Å². The minimum atomic E-state index is -0.290. The van der Waals surface area contributed by atoms with Gasteiger partial charge in [0, 0.05) is 44.8 Å². The molecular formula is C35H45N5O2. The van der Waals surface area contributed by atoms with Gasteiger partial charge in [0.05, 0.1) is 0 Å². The first-order valence-corrected chi connectivity index (χ1v) is 14.8. The highest BCUT2D eigenvalue weighted by Gasteiger charge is 2.23. The molecule has 5 rings (SSSR count). The van der Waals surface area contributed by atoms with E-state index in [4.69, 9.17) is 11.5 Å². The number of benzene rings is 2. The molecule has 42 heavy (non-hydrogen) atoms. The Labute approximate surface area is 251 Å². The number of anilines is 1. The largest absolute Gasteiger partial charge is 0.387 e. The number of hydrogen-bond acceptors (Lipinski definition) is 4. The molecule has 5 N–H and O–H groups in total. The molecule has 2 aromatic rings. The van der Waals surface area contributed by atoms with Crippen LogP contribution in [0.5, 0.6) is 0 Å². The van der Waals surface area contributed by atoms with Crippen LogP contribution in [0.4, 0.5) is 10.5 Å². The summed E-state index contributed by atoms with van der Waals surface area (Å²) in [4.78, 5) is 27.5. The number of amides is 3. The molecule has 7 nitrogen and oxygen atoms in total. The van der Waals surface area contributed by atoms with Crippen molar-refractivity contribution in [3.8, 4) is 12.8 Å². The summed E-state index contributed by atoms with van der Waals surface area (Å²) in [7, 11) is 0.